The molecule has 0 radical (unpaired) electrons. The van der Waals surface area contributed by atoms with Crippen molar-refractivity contribution in [2.75, 3.05) is 11.1 Å². The van der Waals surface area contributed by atoms with Crippen molar-refractivity contribution in [3.63, 3.8) is 0 Å². The lowest BCUT2D eigenvalue weighted by molar-refractivity contribution is 0.628. The number of nitrogens with two attached hydrogens (primary N) is 1. The number of nitrogens with zero attached hydrogens (tertiary/aromatic N) is 2. The molecule has 0 aliphatic rings. The Hall–Kier alpha value is -1.88. The number of hydrogen-bond acceptors (Lipinski definition) is 4. The van der Waals surface area contributed by atoms with Gasteiger partial charge in [0.2, 0.25) is 5.95 Å². The molecule has 0 aliphatic carbocycles. The van der Waals surface area contributed by atoms with E-state index < -0.39 is 5.82 Å². The quantitative estimate of drug-likeness (QED) is 0.863. The molecule has 0 saturated carbocycles. The van der Waals surface area contributed by atoms with Crippen LogP contribution in [-0.4, -0.2) is 9.97 Å². The maximum absolute atomic E-state index is 13.0. The first-order valence-corrected chi connectivity index (χ1v) is 5.25. The fourth-order valence-electron chi connectivity index (χ4n) is 1.29. The summed E-state index contributed by atoms with van der Waals surface area (Å²) in [6, 6.07) is 4.33. The van der Waals surface area contributed by atoms with Crippen molar-refractivity contribution in [1.29, 1.82) is 0 Å². The van der Waals surface area contributed by atoms with Crippen molar-refractivity contribution in [3.05, 3.63) is 40.8 Å². The van der Waals surface area contributed by atoms with Crippen LogP contribution in [0.3, 0.4) is 0 Å². The molecule has 0 saturated heterocycles. The molecule has 0 amide bonds. The van der Waals surface area contributed by atoms with Crippen molar-refractivity contribution in [3.8, 4) is 0 Å². The number of benzene rings is 1. The standard InChI is InChI=1S/C11H10ClFN4/c1-6-5-15-11(14)17-10(6)16-7-2-3-9(13)8(12)4-7/h2-5H,1H3,(H3,14,15,16,17). The van der Waals surface area contributed by atoms with E-state index in [1.807, 2.05) is 6.92 Å². The normalized spacial score (nSPS) is 10.3. The van der Waals surface area contributed by atoms with Gasteiger partial charge in [0.1, 0.15) is 11.6 Å². The Balaban J connectivity index is 2.31. The second-order valence-electron chi connectivity index (χ2n) is 3.51. The molecule has 17 heavy (non-hydrogen) atoms. The Bertz CT molecular complexity index is 559. The molecule has 4 nitrogen and oxygen atoms in total. The Labute approximate surface area is 103 Å². The van der Waals surface area contributed by atoms with Crippen LogP contribution >= 0.6 is 11.6 Å². The summed E-state index contributed by atoms with van der Waals surface area (Å²) in [5.41, 5.74) is 6.96. The summed E-state index contributed by atoms with van der Waals surface area (Å²) in [5.74, 6) is 0.280. The van der Waals surface area contributed by atoms with E-state index in [0.717, 1.165) is 5.56 Å². The topological polar surface area (TPSA) is 63.8 Å². The molecule has 1 aromatic carbocycles. The molecule has 1 aromatic heterocycles. The van der Waals surface area contributed by atoms with Crippen molar-refractivity contribution < 1.29 is 4.39 Å². The molecule has 1 heterocycles. The smallest absolute Gasteiger partial charge is 0.221 e. The summed E-state index contributed by atoms with van der Waals surface area (Å²) in [7, 11) is 0. The van der Waals surface area contributed by atoms with Gasteiger partial charge in [-0.2, -0.15) is 4.98 Å². The van der Waals surface area contributed by atoms with Crippen molar-refractivity contribution in [2.45, 2.75) is 6.92 Å². The molecule has 0 bridgehead atoms. The third-order valence-corrected chi connectivity index (χ3v) is 2.46. The largest absolute Gasteiger partial charge is 0.368 e. The average molecular weight is 253 g/mol. The minimum Gasteiger partial charge on any atom is -0.368 e. The number of aryl methyl sites for hydroxylation is 1. The molecular formula is C11H10ClFN4. The van der Waals surface area contributed by atoms with Gasteiger partial charge >= 0.3 is 0 Å². The van der Waals surface area contributed by atoms with Crippen LogP contribution in [0.5, 0.6) is 0 Å². The Morgan fingerprint density at radius 2 is 2.18 bits per heavy atom. The Kier molecular flexibility index (Phi) is 3.10. The molecule has 3 N–H and O–H groups in total. The van der Waals surface area contributed by atoms with Gasteiger partial charge in [0.15, 0.2) is 0 Å². The fourth-order valence-corrected chi connectivity index (χ4v) is 1.47. The number of halogens is 2. The van der Waals surface area contributed by atoms with Gasteiger partial charge in [0.25, 0.3) is 0 Å². The highest BCUT2D eigenvalue weighted by Gasteiger charge is 2.05. The second kappa shape index (κ2) is 4.55. The number of rotatable bonds is 2. The highest BCUT2D eigenvalue weighted by atomic mass is 35.5. The predicted molar refractivity (Wildman–Crippen MR) is 65.9 cm³/mol. The molecular weight excluding hydrogens is 243 g/mol. The summed E-state index contributed by atoms with van der Waals surface area (Å²) in [6.07, 6.45) is 1.61. The number of hydrogen-bond donors (Lipinski definition) is 2. The summed E-state index contributed by atoms with van der Waals surface area (Å²) >= 11 is 5.68. The third kappa shape index (κ3) is 2.62. The van der Waals surface area contributed by atoms with Gasteiger partial charge in [0, 0.05) is 17.4 Å². The minimum atomic E-state index is -0.462. The first-order chi connectivity index (χ1) is 8.06. The number of anilines is 3. The molecule has 0 fully saturated rings. The van der Waals surface area contributed by atoms with Gasteiger partial charge in [-0.1, -0.05) is 11.6 Å². The zero-order chi connectivity index (χ0) is 12.4. The van der Waals surface area contributed by atoms with Gasteiger partial charge in [-0.05, 0) is 25.1 Å². The average Bonchev–Trinajstić information content (AvgIpc) is 2.29. The van der Waals surface area contributed by atoms with E-state index in [9.17, 15) is 4.39 Å². The highest BCUT2D eigenvalue weighted by molar-refractivity contribution is 6.31. The number of aromatic nitrogens is 2. The Morgan fingerprint density at radius 1 is 1.41 bits per heavy atom. The van der Waals surface area contributed by atoms with Gasteiger partial charge in [-0.3, -0.25) is 0 Å². The van der Waals surface area contributed by atoms with Gasteiger partial charge in [0.05, 0.1) is 5.02 Å². The highest BCUT2D eigenvalue weighted by Crippen LogP contribution is 2.23. The molecule has 0 atom stereocenters. The van der Waals surface area contributed by atoms with Crippen LogP contribution in [-0.2, 0) is 0 Å². The van der Waals surface area contributed by atoms with E-state index in [1.54, 1.807) is 12.3 Å². The summed E-state index contributed by atoms with van der Waals surface area (Å²) in [6.45, 7) is 1.84. The van der Waals surface area contributed by atoms with Crippen LogP contribution in [0.25, 0.3) is 0 Å². The monoisotopic (exact) mass is 252 g/mol. The van der Waals surface area contributed by atoms with Crippen molar-refractivity contribution in [1.82, 2.24) is 9.97 Å². The van der Waals surface area contributed by atoms with E-state index in [1.165, 1.54) is 12.1 Å². The fraction of sp³-hybridized carbons (Fsp3) is 0.0909. The van der Waals surface area contributed by atoms with Gasteiger partial charge in [-0.25, -0.2) is 9.37 Å². The lowest BCUT2D eigenvalue weighted by Crippen LogP contribution is -2.02. The van der Waals surface area contributed by atoms with E-state index in [4.69, 9.17) is 17.3 Å². The van der Waals surface area contributed by atoms with E-state index in [2.05, 4.69) is 15.3 Å². The molecule has 6 heteroatoms. The zero-order valence-corrected chi connectivity index (χ0v) is 9.79. The maximum Gasteiger partial charge on any atom is 0.221 e. The molecule has 2 rings (SSSR count). The van der Waals surface area contributed by atoms with Crippen LogP contribution in [0.4, 0.5) is 21.8 Å². The van der Waals surface area contributed by atoms with E-state index in [-0.39, 0.29) is 11.0 Å². The van der Waals surface area contributed by atoms with Crippen LogP contribution in [0.2, 0.25) is 5.02 Å². The molecule has 0 unspecified atom stereocenters. The first kappa shape index (κ1) is 11.6. The third-order valence-electron chi connectivity index (χ3n) is 2.17. The van der Waals surface area contributed by atoms with Crippen LogP contribution in [0, 0.1) is 12.7 Å². The SMILES string of the molecule is Cc1cnc(N)nc1Nc1ccc(F)c(Cl)c1. The lowest BCUT2D eigenvalue weighted by Gasteiger charge is -2.09. The summed E-state index contributed by atoms with van der Waals surface area (Å²) in [5, 5.41) is 3.05. The van der Waals surface area contributed by atoms with Crippen LogP contribution in [0.15, 0.2) is 24.4 Å². The van der Waals surface area contributed by atoms with Gasteiger partial charge in [-0.15, -0.1) is 0 Å². The molecule has 2 aromatic rings. The maximum atomic E-state index is 13.0. The van der Waals surface area contributed by atoms with Crippen LogP contribution < -0.4 is 11.1 Å². The van der Waals surface area contributed by atoms with E-state index in [0.29, 0.717) is 11.5 Å². The number of nitrogens with one attached hydrogen (secondary N) is 1. The van der Waals surface area contributed by atoms with Gasteiger partial charge < -0.3 is 11.1 Å². The lowest BCUT2D eigenvalue weighted by atomic mass is 10.3. The first-order valence-electron chi connectivity index (χ1n) is 4.87. The Morgan fingerprint density at radius 3 is 2.88 bits per heavy atom. The second-order valence-corrected chi connectivity index (χ2v) is 3.92. The summed E-state index contributed by atoms with van der Waals surface area (Å²) < 4.78 is 13.0. The van der Waals surface area contributed by atoms with E-state index >= 15 is 0 Å². The zero-order valence-electron chi connectivity index (χ0n) is 9.04. The summed E-state index contributed by atoms with van der Waals surface area (Å²) in [4.78, 5) is 7.89. The predicted octanol–water partition coefficient (Wildman–Crippen LogP) is 2.90. The molecule has 88 valence electrons. The number of nitrogen functional groups attached to an aromatic ring is 1. The van der Waals surface area contributed by atoms with Crippen molar-refractivity contribution >= 4 is 29.1 Å². The minimum absolute atomic E-state index is 0.0506. The van der Waals surface area contributed by atoms with Crippen LogP contribution in [0.1, 0.15) is 5.56 Å². The van der Waals surface area contributed by atoms with Crippen molar-refractivity contribution in [2.24, 2.45) is 0 Å². The molecule has 0 aliphatic heterocycles. The molecule has 0 spiro atoms.